The normalized spacial score (nSPS) is 13.1. The van der Waals surface area contributed by atoms with Crippen LogP contribution < -0.4 is 0 Å². The van der Waals surface area contributed by atoms with Crippen LogP contribution in [0.25, 0.3) is 0 Å². The highest BCUT2D eigenvalue weighted by Crippen LogP contribution is 2.00. The molecule has 5 nitrogen and oxygen atoms in total. The Bertz CT molecular complexity index is 466. The molecule has 114 valence electrons. The first-order valence-electron chi connectivity index (χ1n) is 6.39. The molecule has 0 aliphatic heterocycles. The van der Waals surface area contributed by atoms with Crippen LogP contribution in [0.15, 0.2) is 36.0 Å². The number of carbonyl (C=O) groups excluding carboxylic acids is 2. The van der Waals surface area contributed by atoms with Crippen LogP contribution in [0.1, 0.15) is 13.8 Å². The fraction of sp³-hybridized carbons (Fsp3) is 0.375. The second kappa shape index (κ2) is 11.5. The Labute approximate surface area is 125 Å². The largest absolute Gasteiger partial charge is 0.463 e. The van der Waals surface area contributed by atoms with Crippen molar-refractivity contribution in [3.05, 3.63) is 36.0 Å². The molecule has 0 N–H and O–H groups in total. The third-order valence-corrected chi connectivity index (χ3v) is 2.16. The van der Waals surface area contributed by atoms with E-state index in [9.17, 15) is 9.59 Å². The van der Waals surface area contributed by atoms with E-state index in [1.807, 2.05) is 13.0 Å². The second-order valence-electron chi connectivity index (χ2n) is 3.87. The van der Waals surface area contributed by atoms with E-state index >= 15 is 0 Å². The Morgan fingerprint density at radius 2 is 1.90 bits per heavy atom. The minimum absolute atomic E-state index is 0.237. The van der Waals surface area contributed by atoms with Crippen LogP contribution in [0, 0.1) is 12.3 Å². The minimum atomic E-state index is -0.810. The first kappa shape index (κ1) is 18.7. The van der Waals surface area contributed by atoms with Crippen LogP contribution in [0.4, 0.5) is 0 Å². The van der Waals surface area contributed by atoms with E-state index in [-0.39, 0.29) is 6.61 Å². The Morgan fingerprint density at radius 1 is 1.24 bits per heavy atom. The van der Waals surface area contributed by atoms with E-state index in [1.165, 1.54) is 0 Å². The van der Waals surface area contributed by atoms with Gasteiger partial charge in [0, 0.05) is 19.3 Å². The lowest BCUT2D eigenvalue weighted by Gasteiger charge is -2.06. The zero-order chi connectivity index (χ0) is 16.1. The summed E-state index contributed by atoms with van der Waals surface area (Å²) < 4.78 is 14.5. The number of ether oxygens (including phenoxy) is 3. The van der Waals surface area contributed by atoms with Gasteiger partial charge in [-0.25, -0.2) is 9.59 Å². The van der Waals surface area contributed by atoms with Crippen LogP contribution in [-0.4, -0.2) is 38.4 Å². The maximum absolute atomic E-state index is 11.5. The summed E-state index contributed by atoms with van der Waals surface area (Å²) >= 11 is 0. The van der Waals surface area contributed by atoms with Crippen molar-refractivity contribution in [2.24, 2.45) is 0 Å². The number of allylic oxidation sites excluding steroid dienone is 2. The average molecular weight is 292 g/mol. The summed E-state index contributed by atoms with van der Waals surface area (Å²) in [5.74, 6) is 0.995. The molecular weight excluding hydrogens is 272 g/mol. The number of methoxy groups -OCH3 is 1. The highest BCUT2D eigenvalue weighted by atomic mass is 16.5. The quantitative estimate of drug-likeness (QED) is 0.295. The van der Waals surface area contributed by atoms with Crippen molar-refractivity contribution in [2.75, 3.05) is 20.3 Å². The van der Waals surface area contributed by atoms with E-state index < -0.39 is 18.0 Å². The van der Waals surface area contributed by atoms with Crippen LogP contribution >= 0.6 is 0 Å². The average Bonchev–Trinajstić information content (AvgIpc) is 2.47. The Morgan fingerprint density at radius 3 is 2.48 bits per heavy atom. The van der Waals surface area contributed by atoms with Gasteiger partial charge in [0.2, 0.25) is 0 Å². The molecule has 21 heavy (non-hydrogen) atoms. The van der Waals surface area contributed by atoms with Gasteiger partial charge in [0.25, 0.3) is 0 Å². The van der Waals surface area contributed by atoms with Crippen molar-refractivity contribution in [1.29, 1.82) is 0 Å². The summed E-state index contributed by atoms with van der Waals surface area (Å²) in [7, 11) is 1.59. The molecule has 0 bridgehead atoms. The maximum atomic E-state index is 11.5. The molecular formula is C16H20O5. The number of rotatable bonds is 8. The lowest BCUT2D eigenvalue weighted by atomic mass is 10.2. The topological polar surface area (TPSA) is 61.8 Å². The van der Waals surface area contributed by atoms with Crippen LogP contribution in [-0.2, 0) is 23.8 Å². The van der Waals surface area contributed by atoms with Gasteiger partial charge in [-0.2, -0.15) is 0 Å². The predicted molar refractivity (Wildman–Crippen MR) is 79.3 cm³/mol. The van der Waals surface area contributed by atoms with Gasteiger partial charge in [-0.3, -0.25) is 0 Å². The molecule has 0 aliphatic rings. The first-order chi connectivity index (χ1) is 10.0. The molecule has 0 radical (unpaired) electrons. The minimum Gasteiger partial charge on any atom is -0.463 e. The van der Waals surface area contributed by atoms with Gasteiger partial charge in [-0.15, -0.1) is 6.42 Å². The van der Waals surface area contributed by atoms with Gasteiger partial charge >= 0.3 is 11.9 Å². The SMILES string of the molecule is C#CC(/C=C/C(C)=C/COC)OC(=O)/C=C/C(=O)OCC. The third-order valence-electron chi connectivity index (χ3n) is 2.16. The van der Waals surface area contributed by atoms with E-state index in [1.54, 1.807) is 26.2 Å². The Kier molecular flexibility index (Phi) is 10.2. The Hall–Kier alpha value is -2.32. The zero-order valence-electron chi connectivity index (χ0n) is 12.5. The number of hydrogen-bond acceptors (Lipinski definition) is 5. The van der Waals surface area contributed by atoms with Crippen LogP contribution in [0.5, 0.6) is 0 Å². The summed E-state index contributed by atoms with van der Waals surface area (Å²) in [4.78, 5) is 22.5. The highest BCUT2D eigenvalue weighted by Gasteiger charge is 2.06. The van der Waals surface area contributed by atoms with Gasteiger partial charge in [0.1, 0.15) is 0 Å². The molecule has 0 aromatic rings. The smallest absolute Gasteiger partial charge is 0.332 e. The molecule has 0 aromatic heterocycles. The van der Waals surface area contributed by atoms with Gasteiger partial charge in [0.05, 0.1) is 13.2 Å². The molecule has 0 amide bonds. The number of carbonyl (C=O) groups is 2. The third kappa shape index (κ3) is 10.2. The summed E-state index contributed by atoms with van der Waals surface area (Å²) in [6.07, 6.45) is 11.6. The molecule has 0 saturated heterocycles. The predicted octanol–water partition coefficient (Wildman–Crippen LogP) is 1.80. The monoisotopic (exact) mass is 292 g/mol. The number of hydrogen-bond donors (Lipinski definition) is 0. The fourth-order valence-corrected chi connectivity index (χ4v) is 1.14. The molecule has 1 unspecified atom stereocenters. The van der Waals surface area contributed by atoms with Crippen molar-refractivity contribution in [1.82, 2.24) is 0 Å². The molecule has 5 heteroatoms. The number of terminal acetylenes is 1. The van der Waals surface area contributed by atoms with Gasteiger partial charge in [-0.1, -0.05) is 23.6 Å². The van der Waals surface area contributed by atoms with Crippen molar-refractivity contribution < 1.29 is 23.8 Å². The lowest BCUT2D eigenvalue weighted by Crippen LogP contribution is -2.12. The van der Waals surface area contributed by atoms with E-state index in [2.05, 4.69) is 10.7 Å². The maximum Gasteiger partial charge on any atom is 0.332 e. The van der Waals surface area contributed by atoms with Crippen molar-refractivity contribution in [2.45, 2.75) is 20.0 Å². The van der Waals surface area contributed by atoms with Crippen molar-refractivity contribution in [3.63, 3.8) is 0 Å². The first-order valence-corrected chi connectivity index (χ1v) is 6.39. The summed E-state index contributed by atoms with van der Waals surface area (Å²) in [5, 5.41) is 0. The number of esters is 2. The van der Waals surface area contributed by atoms with Crippen LogP contribution in [0.2, 0.25) is 0 Å². The van der Waals surface area contributed by atoms with E-state index in [0.717, 1.165) is 17.7 Å². The molecule has 0 aliphatic carbocycles. The molecule has 0 spiro atoms. The Balaban J connectivity index is 4.44. The summed E-state index contributed by atoms with van der Waals surface area (Å²) in [6, 6.07) is 0. The molecule has 0 saturated carbocycles. The van der Waals surface area contributed by atoms with Crippen molar-refractivity contribution in [3.8, 4) is 12.3 Å². The fourth-order valence-electron chi connectivity index (χ4n) is 1.14. The molecule has 0 heterocycles. The zero-order valence-corrected chi connectivity index (χ0v) is 12.5. The van der Waals surface area contributed by atoms with Crippen LogP contribution in [0.3, 0.4) is 0 Å². The van der Waals surface area contributed by atoms with E-state index in [0.29, 0.717) is 6.61 Å². The van der Waals surface area contributed by atoms with Gasteiger partial charge in [-0.05, 0) is 19.9 Å². The standard InChI is InChI=1S/C16H20O5/c1-5-14(8-7-13(3)11-12-19-4)21-16(18)10-9-15(17)20-6-2/h1,7-11,14H,6,12H2,2-4H3/b8-7+,10-9+,13-11+. The second-order valence-corrected chi connectivity index (χ2v) is 3.87. The summed E-state index contributed by atoms with van der Waals surface area (Å²) in [6.45, 7) is 4.26. The van der Waals surface area contributed by atoms with Gasteiger partial charge < -0.3 is 14.2 Å². The lowest BCUT2D eigenvalue weighted by molar-refractivity contribution is -0.140. The molecule has 0 fully saturated rings. The molecule has 0 rings (SSSR count). The molecule has 0 aromatic carbocycles. The van der Waals surface area contributed by atoms with E-state index in [4.69, 9.17) is 15.9 Å². The highest BCUT2D eigenvalue weighted by molar-refractivity contribution is 5.91. The van der Waals surface area contributed by atoms with Gasteiger partial charge in [0.15, 0.2) is 6.10 Å². The summed E-state index contributed by atoms with van der Waals surface area (Å²) in [5.41, 5.74) is 0.926. The molecule has 1 atom stereocenters. The van der Waals surface area contributed by atoms with Crippen molar-refractivity contribution >= 4 is 11.9 Å².